The van der Waals surface area contributed by atoms with E-state index in [1.54, 1.807) is 11.3 Å². The van der Waals surface area contributed by atoms with Crippen molar-refractivity contribution in [3.8, 4) is 0 Å². The predicted molar refractivity (Wildman–Crippen MR) is 118 cm³/mol. The molecule has 7 heteroatoms. The van der Waals surface area contributed by atoms with Gasteiger partial charge in [-0.1, -0.05) is 18.2 Å². The van der Waals surface area contributed by atoms with E-state index < -0.39 is 0 Å². The highest BCUT2D eigenvalue weighted by molar-refractivity contribution is 7.10. The maximum atomic E-state index is 12.4. The van der Waals surface area contributed by atoms with Gasteiger partial charge in [0.25, 0.3) is 0 Å². The molecule has 1 aliphatic heterocycles. The lowest BCUT2D eigenvalue weighted by Gasteiger charge is -2.34. The normalized spacial score (nSPS) is 16.0. The number of nitrogens with zero attached hydrogens (tertiary/aromatic N) is 1. The van der Waals surface area contributed by atoms with Crippen molar-refractivity contribution in [3.05, 3.63) is 57.9 Å². The fraction of sp³-hybridized carbons (Fsp3) is 0.409. The Labute approximate surface area is 175 Å². The second-order valence-corrected chi connectivity index (χ2v) is 8.41. The summed E-state index contributed by atoms with van der Waals surface area (Å²) in [7, 11) is 0. The van der Waals surface area contributed by atoms with Crippen molar-refractivity contribution in [1.82, 2.24) is 20.5 Å². The van der Waals surface area contributed by atoms with Crippen molar-refractivity contribution < 1.29 is 9.53 Å². The molecular weight excluding hydrogens is 384 g/mol. The number of aromatic nitrogens is 1. The first-order valence-electron chi connectivity index (χ1n) is 10.1. The summed E-state index contributed by atoms with van der Waals surface area (Å²) in [4.78, 5) is 19.4. The van der Waals surface area contributed by atoms with E-state index >= 15 is 0 Å². The van der Waals surface area contributed by atoms with E-state index in [1.165, 1.54) is 21.4 Å². The minimum Gasteiger partial charge on any atom is -0.379 e. The Morgan fingerprint density at radius 3 is 2.93 bits per heavy atom. The summed E-state index contributed by atoms with van der Waals surface area (Å²) in [5.41, 5.74) is 3.61. The molecule has 0 saturated carbocycles. The number of morpholine rings is 1. The lowest BCUT2D eigenvalue weighted by Crippen LogP contribution is -2.45. The Morgan fingerprint density at radius 2 is 2.14 bits per heavy atom. The first-order valence-corrected chi connectivity index (χ1v) is 11.0. The highest BCUT2D eigenvalue weighted by atomic mass is 32.1. The first kappa shape index (κ1) is 19.9. The van der Waals surface area contributed by atoms with E-state index in [1.807, 2.05) is 6.20 Å². The standard InChI is InChI=1S/C22H28N4O2S/c1-16-4-5-18-17(14-24-19(18)13-16)6-7-23-22(27)25-15-20(21-3-2-12-29-21)26-8-10-28-11-9-26/h2-5,12-14,20,24H,6-11,15H2,1H3,(H2,23,25,27). The summed E-state index contributed by atoms with van der Waals surface area (Å²) in [6.07, 6.45) is 2.84. The van der Waals surface area contributed by atoms with Crippen LogP contribution in [0.1, 0.15) is 22.0 Å². The van der Waals surface area contributed by atoms with Crippen molar-refractivity contribution >= 4 is 28.3 Å². The van der Waals surface area contributed by atoms with Crippen LogP contribution in [0.25, 0.3) is 10.9 Å². The van der Waals surface area contributed by atoms with Gasteiger partial charge in [-0.15, -0.1) is 11.3 Å². The van der Waals surface area contributed by atoms with Gasteiger partial charge in [-0.3, -0.25) is 4.90 Å². The smallest absolute Gasteiger partial charge is 0.314 e. The maximum absolute atomic E-state index is 12.4. The number of hydrogen-bond donors (Lipinski definition) is 3. The van der Waals surface area contributed by atoms with Crippen LogP contribution in [0.3, 0.4) is 0 Å². The Bertz CT molecular complexity index is 932. The van der Waals surface area contributed by atoms with Crippen LogP contribution < -0.4 is 10.6 Å². The van der Waals surface area contributed by atoms with Gasteiger partial charge < -0.3 is 20.4 Å². The average molecular weight is 413 g/mol. The Morgan fingerprint density at radius 1 is 1.28 bits per heavy atom. The molecule has 1 atom stereocenters. The van der Waals surface area contributed by atoms with E-state index in [4.69, 9.17) is 4.74 Å². The minimum absolute atomic E-state index is 0.115. The molecule has 29 heavy (non-hydrogen) atoms. The average Bonchev–Trinajstić information content (AvgIpc) is 3.39. The molecule has 1 aliphatic rings. The van der Waals surface area contributed by atoms with E-state index in [2.05, 4.69) is 63.2 Å². The zero-order chi connectivity index (χ0) is 20.1. The molecule has 6 nitrogen and oxygen atoms in total. The summed E-state index contributed by atoms with van der Waals surface area (Å²) >= 11 is 1.74. The lowest BCUT2D eigenvalue weighted by atomic mass is 10.1. The van der Waals surface area contributed by atoms with E-state index in [0.29, 0.717) is 13.1 Å². The maximum Gasteiger partial charge on any atom is 0.314 e. The van der Waals surface area contributed by atoms with Crippen LogP contribution in [0.4, 0.5) is 4.79 Å². The van der Waals surface area contributed by atoms with Crippen LogP contribution in [-0.2, 0) is 11.2 Å². The highest BCUT2D eigenvalue weighted by Crippen LogP contribution is 2.25. The van der Waals surface area contributed by atoms with Gasteiger partial charge in [-0.25, -0.2) is 4.79 Å². The van der Waals surface area contributed by atoms with Gasteiger partial charge in [-0.2, -0.15) is 0 Å². The summed E-state index contributed by atoms with van der Waals surface area (Å²) in [5, 5.41) is 9.37. The molecule has 1 fully saturated rings. The van der Waals surface area contributed by atoms with Gasteiger partial charge >= 0.3 is 6.03 Å². The van der Waals surface area contributed by atoms with Crippen LogP contribution in [0.5, 0.6) is 0 Å². The molecule has 2 aromatic heterocycles. The molecule has 154 valence electrons. The SMILES string of the molecule is Cc1ccc2c(CCNC(=O)NCC(c3cccs3)N3CCOCC3)c[nH]c2c1. The number of urea groups is 1. The van der Waals surface area contributed by atoms with Crippen LogP contribution in [0, 0.1) is 6.92 Å². The molecule has 0 bridgehead atoms. The summed E-state index contributed by atoms with van der Waals surface area (Å²) in [5.74, 6) is 0. The van der Waals surface area contributed by atoms with Gasteiger partial charge in [0, 0.05) is 48.2 Å². The number of carbonyl (C=O) groups is 1. The Kier molecular flexibility index (Phi) is 6.49. The molecule has 3 N–H and O–H groups in total. The number of carbonyl (C=O) groups excluding carboxylic acids is 1. The second-order valence-electron chi connectivity index (χ2n) is 7.43. The van der Waals surface area contributed by atoms with Gasteiger partial charge in [0.15, 0.2) is 0 Å². The van der Waals surface area contributed by atoms with Crippen molar-refractivity contribution in [2.45, 2.75) is 19.4 Å². The molecule has 1 unspecified atom stereocenters. The first-order chi connectivity index (χ1) is 14.2. The molecule has 1 aromatic carbocycles. The van der Waals surface area contributed by atoms with Crippen molar-refractivity contribution in [3.63, 3.8) is 0 Å². The lowest BCUT2D eigenvalue weighted by molar-refractivity contribution is 0.0174. The molecule has 0 spiro atoms. The number of ether oxygens (including phenoxy) is 1. The Hall–Kier alpha value is -2.35. The monoisotopic (exact) mass is 412 g/mol. The molecule has 3 aromatic rings. The second kappa shape index (κ2) is 9.43. The van der Waals surface area contributed by atoms with Crippen LogP contribution in [-0.4, -0.2) is 55.3 Å². The zero-order valence-electron chi connectivity index (χ0n) is 16.7. The fourth-order valence-electron chi connectivity index (χ4n) is 3.85. The fourth-order valence-corrected chi connectivity index (χ4v) is 4.71. The van der Waals surface area contributed by atoms with E-state index in [9.17, 15) is 4.79 Å². The van der Waals surface area contributed by atoms with Gasteiger partial charge in [-0.05, 0) is 42.0 Å². The van der Waals surface area contributed by atoms with Gasteiger partial charge in [0.05, 0.1) is 19.3 Å². The number of nitrogens with one attached hydrogen (secondary N) is 3. The molecular formula is C22H28N4O2S. The van der Waals surface area contributed by atoms with Gasteiger partial charge in [0.1, 0.15) is 0 Å². The topological polar surface area (TPSA) is 69.4 Å². The summed E-state index contributed by atoms with van der Waals surface area (Å²) in [6.45, 7) is 6.58. The molecule has 4 rings (SSSR count). The number of H-pyrrole nitrogens is 1. The van der Waals surface area contributed by atoms with Crippen molar-refractivity contribution in [1.29, 1.82) is 0 Å². The van der Waals surface area contributed by atoms with Crippen LogP contribution in [0.2, 0.25) is 0 Å². The van der Waals surface area contributed by atoms with Crippen molar-refractivity contribution in [2.24, 2.45) is 0 Å². The summed E-state index contributed by atoms with van der Waals surface area (Å²) < 4.78 is 5.48. The van der Waals surface area contributed by atoms with E-state index in [0.717, 1.165) is 38.2 Å². The largest absolute Gasteiger partial charge is 0.379 e. The number of amides is 2. The van der Waals surface area contributed by atoms with Crippen LogP contribution >= 0.6 is 11.3 Å². The molecule has 1 saturated heterocycles. The number of thiophene rings is 1. The minimum atomic E-state index is -0.115. The molecule has 3 heterocycles. The third kappa shape index (κ3) is 4.98. The number of hydrogen-bond acceptors (Lipinski definition) is 4. The predicted octanol–water partition coefficient (Wildman–Crippen LogP) is 3.45. The molecule has 0 radical (unpaired) electrons. The molecule has 2 amide bonds. The van der Waals surface area contributed by atoms with Crippen molar-refractivity contribution in [2.75, 3.05) is 39.4 Å². The third-order valence-corrected chi connectivity index (χ3v) is 6.39. The summed E-state index contributed by atoms with van der Waals surface area (Å²) in [6, 6.07) is 10.7. The Balaban J connectivity index is 1.28. The van der Waals surface area contributed by atoms with Gasteiger partial charge in [0.2, 0.25) is 0 Å². The van der Waals surface area contributed by atoms with Crippen LogP contribution in [0.15, 0.2) is 41.9 Å². The number of benzene rings is 1. The quantitative estimate of drug-likeness (QED) is 0.557. The number of rotatable bonds is 7. The third-order valence-electron chi connectivity index (χ3n) is 5.42. The number of aryl methyl sites for hydroxylation is 1. The number of fused-ring (bicyclic) bond motifs is 1. The highest BCUT2D eigenvalue weighted by Gasteiger charge is 2.23. The molecule has 0 aliphatic carbocycles. The van der Waals surface area contributed by atoms with E-state index in [-0.39, 0.29) is 12.1 Å². The number of aromatic amines is 1. The zero-order valence-corrected chi connectivity index (χ0v) is 17.6.